The fourth-order valence-corrected chi connectivity index (χ4v) is 2.87. The average molecular weight is 278 g/mol. The summed E-state index contributed by atoms with van der Waals surface area (Å²) in [6.07, 6.45) is 3.20. The second kappa shape index (κ2) is 5.68. The van der Waals surface area contributed by atoms with Crippen molar-refractivity contribution in [3.05, 3.63) is 60.2 Å². The molecule has 0 aliphatic carbocycles. The van der Waals surface area contributed by atoms with Gasteiger partial charge in [-0.2, -0.15) is 5.26 Å². The second-order valence-electron chi connectivity index (χ2n) is 4.11. The van der Waals surface area contributed by atoms with Crippen LogP contribution in [0.15, 0.2) is 53.9 Å². The van der Waals surface area contributed by atoms with E-state index in [0.717, 1.165) is 21.5 Å². The summed E-state index contributed by atoms with van der Waals surface area (Å²) < 4.78 is 0. The van der Waals surface area contributed by atoms with E-state index >= 15 is 0 Å². The maximum Gasteiger partial charge on any atom is 0.144 e. The number of nitrogens with zero attached hydrogens (tertiary/aromatic N) is 4. The zero-order chi connectivity index (χ0) is 13.8. The molecule has 0 spiro atoms. The molecule has 20 heavy (non-hydrogen) atoms. The van der Waals surface area contributed by atoms with E-state index < -0.39 is 0 Å². The van der Waals surface area contributed by atoms with Gasteiger partial charge in [0.15, 0.2) is 0 Å². The third kappa shape index (κ3) is 2.46. The molecule has 2 aromatic heterocycles. The zero-order valence-electron chi connectivity index (χ0n) is 10.5. The first kappa shape index (κ1) is 12.6. The highest BCUT2D eigenvalue weighted by atomic mass is 32.2. The average Bonchev–Trinajstić information content (AvgIpc) is 2.53. The fraction of sp³-hybridized carbons (Fsp3) is 0.0667. The minimum atomic E-state index is 0.471. The Balaban J connectivity index is 1.89. The lowest BCUT2D eigenvalue weighted by Crippen LogP contribution is -1.92. The number of fused-ring (bicyclic) bond motifs is 1. The van der Waals surface area contributed by atoms with Crippen molar-refractivity contribution in [2.75, 3.05) is 0 Å². The number of rotatable bonds is 3. The van der Waals surface area contributed by atoms with Crippen molar-refractivity contribution in [3.63, 3.8) is 0 Å². The van der Waals surface area contributed by atoms with Crippen LogP contribution in [0.1, 0.15) is 11.3 Å². The summed E-state index contributed by atoms with van der Waals surface area (Å²) in [4.78, 5) is 12.6. The molecule has 4 nitrogen and oxygen atoms in total. The smallest absolute Gasteiger partial charge is 0.144 e. The van der Waals surface area contributed by atoms with Crippen molar-refractivity contribution < 1.29 is 0 Å². The van der Waals surface area contributed by atoms with Gasteiger partial charge in [0.25, 0.3) is 0 Å². The third-order valence-electron chi connectivity index (χ3n) is 2.87. The summed E-state index contributed by atoms with van der Waals surface area (Å²) in [5, 5.41) is 11.0. The van der Waals surface area contributed by atoms with Gasteiger partial charge in [-0.05, 0) is 17.7 Å². The summed E-state index contributed by atoms with van der Waals surface area (Å²) >= 11 is 1.59. The lowest BCUT2D eigenvalue weighted by molar-refractivity contribution is 1.10. The summed E-state index contributed by atoms with van der Waals surface area (Å²) in [5.74, 6) is 0.664. The van der Waals surface area contributed by atoms with E-state index in [1.165, 1.54) is 0 Å². The Morgan fingerprint density at radius 1 is 1.05 bits per heavy atom. The first-order chi connectivity index (χ1) is 9.88. The summed E-state index contributed by atoms with van der Waals surface area (Å²) in [7, 11) is 0. The van der Waals surface area contributed by atoms with E-state index in [9.17, 15) is 0 Å². The van der Waals surface area contributed by atoms with Crippen LogP contribution in [-0.4, -0.2) is 15.0 Å². The van der Waals surface area contributed by atoms with Gasteiger partial charge in [0.2, 0.25) is 0 Å². The second-order valence-corrected chi connectivity index (χ2v) is 5.07. The quantitative estimate of drug-likeness (QED) is 0.544. The van der Waals surface area contributed by atoms with Crippen molar-refractivity contribution in [3.8, 4) is 6.07 Å². The van der Waals surface area contributed by atoms with Gasteiger partial charge in [0, 0.05) is 17.3 Å². The fourth-order valence-electron chi connectivity index (χ4n) is 1.90. The highest BCUT2D eigenvalue weighted by molar-refractivity contribution is 7.98. The molecule has 0 unspecified atom stereocenters. The van der Waals surface area contributed by atoms with E-state index in [1.54, 1.807) is 24.3 Å². The van der Waals surface area contributed by atoms with Crippen molar-refractivity contribution in [1.29, 1.82) is 5.26 Å². The van der Waals surface area contributed by atoms with Crippen LogP contribution in [0, 0.1) is 11.3 Å². The minimum Gasteiger partial charge on any atom is -0.245 e. The summed E-state index contributed by atoms with van der Waals surface area (Å²) in [6.45, 7) is 0. The van der Waals surface area contributed by atoms with E-state index in [2.05, 4.69) is 21.0 Å². The maximum atomic E-state index is 9.04. The van der Waals surface area contributed by atoms with Crippen molar-refractivity contribution >= 4 is 22.7 Å². The van der Waals surface area contributed by atoms with Crippen LogP contribution in [0.2, 0.25) is 0 Å². The van der Waals surface area contributed by atoms with Crippen LogP contribution in [0.4, 0.5) is 0 Å². The molecule has 0 atom stereocenters. The van der Waals surface area contributed by atoms with Gasteiger partial charge in [0.1, 0.15) is 23.1 Å². The molecule has 96 valence electrons. The van der Waals surface area contributed by atoms with Crippen molar-refractivity contribution in [2.24, 2.45) is 0 Å². The monoisotopic (exact) mass is 278 g/mol. The Hall–Kier alpha value is -2.45. The maximum absolute atomic E-state index is 9.04. The van der Waals surface area contributed by atoms with E-state index in [1.807, 2.05) is 36.4 Å². The molecular weight excluding hydrogens is 268 g/mol. The SMILES string of the molecule is N#Cc1ncccc1CSc1ncnc2ccccc12. The van der Waals surface area contributed by atoms with Gasteiger partial charge in [-0.3, -0.25) is 0 Å². The molecule has 2 heterocycles. The van der Waals surface area contributed by atoms with Crippen LogP contribution in [0.5, 0.6) is 0 Å². The van der Waals surface area contributed by atoms with Crippen LogP contribution in [0.25, 0.3) is 10.9 Å². The Kier molecular flexibility index (Phi) is 3.57. The number of para-hydroxylation sites is 1. The highest BCUT2D eigenvalue weighted by Crippen LogP contribution is 2.27. The topological polar surface area (TPSA) is 62.5 Å². The summed E-state index contributed by atoms with van der Waals surface area (Å²) in [5.41, 5.74) is 2.32. The molecule has 3 aromatic rings. The predicted octanol–water partition coefficient (Wildman–Crippen LogP) is 3.19. The third-order valence-corrected chi connectivity index (χ3v) is 3.92. The molecule has 0 N–H and O–H groups in total. The van der Waals surface area contributed by atoms with Crippen LogP contribution in [-0.2, 0) is 5.75 Å². The van der Waals surface area contributed by atoms with Crippen LogP contribution < -0.4 is 0 Å². The van der Waals surface area contributed by atoms with Crippen molar-refractivity contribution in [2.45, 2.75) is 10.8 Å². The number of pyridine rings is 1. The highest BCUT2D eigenvalue weighted by Gasteiger charge is 2.07. The molecule has 0 radical (unpaired) electrons. The number of benzene rings is 1. The van der Waals surface area contributed by atoms with Gasteiger partial charge < -0.3 is 0 Å². The van der Waals surface area contributed by atoms with Crippen molar-refractivity contribution in [1.82, 2.24) is 15.0 Å². The molecule has 0 saturated carbocycles. The first-order valence-electron chi connectivity index (χ1n) is 6.05. The normalized spacial score (nSPS) is 10.3. The lowest BCUT2D eigenvalue weighted by atomic mass is 10.2. The standard InChI is InChI=1S/C15H10N4S/c16-8-14-11(4-3-7-17-14)9-20-15-12-5-1-2-6-13(12)18-10-19-15/h1-7,10H,9H2. The Bertz CT molecular complexity index is 790. The Morgan fingerprint density at radius 3 is 2.85 bits per heavy atom. The predicted molar refractivity (Wildman–Crippen MR) is 78.1 cm³/mol. The largest absolute Gasteiger partial charge is 0.245 e. The molecule has 0 fully saturated rings. The number of hydrogen-bond acceptors (Lipinski definition) is 5. The Morgan fingerprint density at radius 2 is 1.95 bits per heavy atom. The molecular formula is C15H10N4S. The Labute approximate surface area is 120 Å². The van der Waals surface area contributed by atoms with E-state index in [0.29, 0.717) is 11.4 Å². The van der Waals surface area contributed by atoms with E-state index in [4.69, 9.17) is 5.26 Å². The number of nitriles is 1. The van der Waals surface area contributed by atoms with Gasteiger partial charge in [-0.1, -0.05) is 24.3 Å². The molecule has 0 aliphatic rings. The number of hydrogen-bond donors (Lipinski definition) is 0. The molecule has 0 aliphatic heterocycles. The molecule has 0 amide bonds. The van der Waals surface area contributed by atoms with Gasteiger partial charge in [-0.25, -0.2) is 15.0 Å². The molecule has 5 heteroatoms. The molecule has 0 saturated heterocycles. The minimum absolute atomic E-state index is 0.471. The van der Waals surface area contributed by atoms with Gasteiger partial charge in [0.05, 0.1) is 5.52 Å². The zero-order valence-corrected chi connectivity index (χ0v) is 11.3. The summed E-state index contributed by atoms with van der Waals surface area (Å²) in [6, 6.07) is 13.8. The van der Waals surface area contributed by atoms with Crippen LogP contribution >= 0.6 is 11.8 Å². The molecule has 3 rings (SSSR count). The number of aromatic nitrogens is 3. The first-order valence-corrected chi connectivity index (χ1v) is 7.03. The van der Waals surface area contributed by atoms with Crippen LogP contribution in [0.3, 0.4) is 0 Å². The molecule has 0 bridgehead atoms. The van der Waals surface area contributed by atoms with E-state index in [-0.39, 0.29) is 0 Å². The van der Waals surface area contributed by atoms with Gasteiger partial charge in [-0.15, -0.1) is 11.8 Å². The number of thioether (sulfide) groups is 1. The lowest BCUT2D eigenvalue weighted by Gasteiger charge is -2.05. The molecule has 1 aromatic carbocycles. The van der Waals surface area contributed by atoms with Gasteiger partial charge >= 0.3 is 0 Å².